The van der Waals surface area contributed by atoms with Crippen molar-refractivity contribution >= 4 is 29.5 Å². The number of benzene rings is 1. The minimum atomic E-state index is -0.557. The van der Waals surface area contributed by atoms with Crippen LogP contribution in [-0.2, 0) is 11.3 Å². The molecule has 4 rings (SSSR count). The van der Waals surface area contributed by atoms with E-state index in [2.05, 4.69) is 15.5 Å². The lowest BCUT2D eigenvalue weighted by atomic mass is 10.1. The highest BCUT2D eigenvalue weighted by Gasteiger charge is 2.49. The van der Waals surface area contributed by atoms with Gasteiger partial charge in [0.25, 0.3) is 5.91 Å². The maximum absolute atomic E-state index is 12.6. The molecule has 0 saturated carbocycles. The van der Waals surface area contributed by atoms with Crippen LogP contribution in [0.15, 0.2) is 29.3 Å². The molecule has 2 saturated heterocycles. The van der Waals surface area contributed by atoms with Gasteiger partial charge in [-0.25, -0.2) is 9.79 Å². The van der Waals surface area contributed by atoms with Gasteiger partial charge in [0.1, 0.15) is 0 Å². The Kier molecular flexibility index (Phi) is 4.46. The number of amides is 3. The lowest BCUT2D eigenvalue weighted by Crippen LogP contribution is -2.64. The number of carbonyl (C=O) groups is 2. The summed E-state index contributed by atoms with van der Waals surface area (Å²) in [4.78, 5) is 35.0. The summed E-state index contributed by atoms with van der Waals surface area (Å²) < 4.78 is 0. The zero-order chi connectivity index (χ0) is 18.3. The third-order valence-electron chi connectivity index (χ3n) is 5.04. The van der Waals surface area contributed by atoms with Crippen LogP contribution in [0.2, 0.25) is 5.02 Å². The van der Waals surface area contributed by atoms with Gasteiger partial charge < -0.3 is 20.0 Å². The van der Waals surface area contributed by atoms with Gasteiger partial charge in [-0.3, -0.25) is 10.1 Å². The minimum absolute atomic E-state index is 0.320. The molecule has 8 nitrogen and oxygen atoms in total. The minimum Gasteiger partial charge on any atom is -0.340 e. The molecule has 0 radical (unpaired) electrons. The Hall–Kier alpha value is -2.32. The van der Waals surface area contributed by atoms with Crippen LogP contribution in [0.5, 0.6) is 0 Å². The molecule has 3 aliphatic heterocycles. The van der Waals surface area contributed by atoms with Gasteiger partial charge in [-0.05, 0) is 11.6 Å². The quantitative estimate of drug-likeness (QED) is 0.775. The SMILES string of the molecule is CN1C(=O)NC(=O)C2C1N=C(N1CCNCC1)N2Cc1ccccc1Cl. The highest BCUT2D eigenvalue weighted by atomic mass is 35.5. The molecule has 2 fully saturated rings. The van der Waals surface area contributed by atoms with Gasteiger partial charge in [0.05, 0.1) is 0 Å². The predicted octanol–water partition coefficient (Wildman–Crippen LogP) is 0.293. The molecule has 0 spiro atoms. The highest BCUT2D eigenvalue weighted by Crippen LogP contribution is 2.28. The summed E-state index contributed by atoms with van der Waals surface area (Å²) in [5.74, 6) is 0.428. The Balaban J connectivity index is 1.69. The first-order chi connectivity index (χ1) is 12.6. The Morgan fingerprint density at radius 1 is 1.23 bits per heavy atom. The number of hydrogen-bond donors (Lipinski definition) is 2. The molecule has 2 unspecified atom stereocenters. The maximum atomic E-state index is 12.6. The number of hydrogen-bond acceptors (Lipinski definition) is 6. The highest BCUT2D eigenvalue weighted by molar-refractivity contribution is 6.31. The number of nitrogens with one attached hydrogen (secondary N) is 2. The first kappa shape index (κ1) is 17.1. The number of rotatable bonds is 2. The van der Waals surface area contributed by atoms with Crippen LogP contribution in [0.3, 0.4) is 0 Å². The summed E-state index contributed by atoms with van der Waals surface area (Å²) in [6.45, 7) is 3.77. The second-order valence-electron chi connectivity index (χ2n) is 6.65. The predicted molar refractivity (Wildman–Crippen MR) is 97.8 cm³/mol. The van der Waals surface area contributed by atoms with Crippen molar-refractivity contribution in [1.29, 1.82) is 0 Å². The largest absolute Gasteiger partial charge is 0.340 e. The third-order valence-corrected chi connectivity index (χ3v) is 5.41. The van der Waals surface area contributed by atoms with E-state index in [1.54, 1.807) is 7.05 Å². The maximum Gasteiger partial charge on any atom is 0.325 e. The summed E-state index contributed by atoms with van der Waals surface area (Å²) in [5.41, 5.74) is 0.921. The summed E-state index contributed by atoms with van der Waals surface area (Å²) in [7, 11) is 1.66. The molecular weight excluding hydrogens is 356 g/mol. The molecule has 138 valence electrons. The van der Waals surface area contributed by atoms with Crippen LogP contribution >= 0.6 is 11.6 Å². The molecule has 0 aromatic heterocycles. The number of urea groups is 1. The van der Waals surface area contributed by atoms with Crippen LogP contribution in [0.25, 0.3) is 0 Å². The summed E-state index contributed by atoms with van der Waals surface area (Å²) >= 11 is 6.34. The Morgan fingerprint density at radius 2 is 1.96 bits per heavy atom. The number of imide groups is 1. The standard InChI is InChI=1S/C17H21ClN6O2/c1-22-14-13(15(25)21-17(22)26)24(10-11-4-2-3-5-12(11)18)16(20-14)23-8-6-19-7-9-23/h2-5,13-14,19H,6-10H2,1H3,(H,21,25,26). The monoisotopic (exact) mass is 376 g/mol. The van der Waals surface area contributed by atoms with Crippen LogP contribution in [-0.4, -0.2) is 78.0 Å². The summed E-state index contributed by atoms with van der Waals surface area (Å²) in [6.07, 6.45) is -0.524. The first-order valence-corrected chi connectivity index (χ1v) is 9.05. The van der Waals surface area contributed by atoms with E-state index >= 15 is 0 Å². The number of likely N-dealkylation sites (N-methyl/N-ethyl adjacent to an activating group) is 1. The van der Waals surface area contributed by atoms with E-state index in [-0.39, 0.29) is 5.91 Å². The zero-order valence-corrected chi connectivity index (χ0v) is 15.2. The van der Waals surface area contributed by atoms with Crippen molar-refractivity contribution in [3.8, 4) is 0 Å². The van der Waals surface area contributed by atoms with E-state index in [0.29, 0.717) is 11.6 Å². The number of aliphatic imine (C=N–C) groups is 1. The number of halogens is 1. The van der Waals surface area contributed by atoms with E-state index in [1.807, 2.05) is 29.2 Å². The van der Waals surface area contributed by atoms with Crippen molar-refractivity contribution in [1.82, 2.24) is 25.3 Å². The number of fused-ring (bicyclic) bond motifs is 1. The van der Waals surface area contributed by atoms with Gasteiger partial charge >= 0.3 is 6.03 Å². The molecular formula is C17H21ClN6O2. The Morgan fingerprint density at radius 3 is 2.69 bits per heavy atom. The molecule has 2 N–H and O–H groups in total. The lowest BCUT2D eigenvalue weighted by molar-refractivity contribution is -0.127. The van der Waals surface area contributed by atoms with Crippen LogP contribution in [0.1, 0.15) is 5.56 Å². The molecule has 0 bridgehead atoms. The van der Waals surface area contributed by atoms with Gasteiger partial charge in [0, 0.05) is 44.8 Å². The molecule has 0 aliphatic carbocycles. The van der Waals surface area contributed by atoms with Crippen LogP contribution in [0.4, 0.5) is 4.79 Å². The number of carbonyl (C=O) groups excluding carboxylic acids is 2. The Bertz CT molecular complexity index is 763. The molecule has 3 heterocycles. The average molecular weight is 377 g/mol. The molecule has 2 atom stereocenters. The smallest absolute Gasteiger partial charge is 0.325 e. The summed E-state index contributed by atoms with van der Waals surface area (Å²) in [5, 5.41) is 6.39. The fraction of sp³-hybridized carbons (Fsp3) is 0.471. The lowest BCUT2D eigenvalue weighted by Gasteiger charge is -2.38. The van der Waals surface area contributed by atoms with Crippen molar-refractivity contribution in [2.24, 2.45) is 4.99 Å². The van der Waals surface area contributed by atoms with Crippen LogP contribution < -0.4 is 10.6 Å². The molecule has 9 heteroatoms. The second kappa shape index (κ2) is 6.77. The zero-order valence-electron chi connectivity index (χ0n) is 14.5. The van der Waals surface area contributed by atoms with Gasteiger partial charge in [0.15, 0.2) is 18.2 Å². The normalized spacial score (nSPS) is 25.9. The molecule has 3 aliphatic rings. The average Bonchev–Trinajstić information content (AvgIpc) is 3.02. The fourth-order valence-corrected chi connectivity index (χ4v) is 3.81. The topological polar surface area (TPSA) is 80.3 Å². The van der Waals surface area contributed by atoms with Gasteiger partial charge in [-0.15, -0.1) is 0 Å². The van der Waals surface area contributed by atoms with Crippen LogP contribution in [0, 0.1) is 0 Å². The van der Waals surface area contributed by atoms with Crippen molar-refractivity contribution in [3.63, 3.8) is 0 Å². The van der Waals surface area contributed by atoms with Crippen molar-refractivity contribution in [2.75, 3.05) is 33.2 Å². The van der Waals surface area contributed by atoms with E-state index in [1.165, 1.54) is 4.90 Å². The molecule has 1 aromatic carbocycles. The third kappa shape index (κ3) is 2.89. The van der Waals surface area contributed by atoms with E-state index in [4.69, 9.17) is 16.6 Å². The van der Waals surface area contributed by atoms with Gasteiger partial charge in [-0.2, -0.15) is 0 Å². The second-order valence-corrected chi connectivity index (χ2v) is 7.06. The number of guanidine groups is 1. The Labute approximate surface area is 156 Å². The van der Waals surface area contributed by atoms with Crippen molar-refractivity contribution in [3.05, 3.63) is 34.9 Å². The summed E-state index contributed by atoms with van der Waals surface area (Å²) in [6, 6.07) is 6.61. The van der Waals surface area contributed by atoms with Gasteiger partial charge in [0.2, 0.25) is 0 Å². The number of nitrogens with zero attached hydrogens (tertiary/aromatic N) is 4. The molecule has 1 aromatic rings. The molecule has 3 amide bonds. The van der Waals surface area contributed by atoms with Crippen molar-refractivity contribution < 1.29 is 9.59 Å². The fourth-order valence-electron chi connectivity index (χ4n) is 3.62. The number of piperazine rings is 1. The van der Waals surface area contributed by atoms with E-state index < -0.39 is 18.2 Å². The van der Waals surface area contributed by atoms with Crippen molar-refractivity contribution in [2.45, 2.75) is 18.8 Å². The van der Waals surface area contributed by atoms with Gasteiger partial charge in [-0.1, -0.05) is 29.8 Å². The van der Waals surface area contributed by atoms with E-state index in [9.17, 15) is 9.59 Å². The first-order valence-electron chi connectivity index (χ1n) is 8.67. The molecule has 26 heavy (non-hydrogen) atoms. The van der Waals surface area contributed by atoms with E-state index in [0.717, 1.165) is 37.7 Å².